The standard InChI is InChI=1S/C14H12ClF3N2O4S/c15-10-4-3-9(14(16,17)18)8-12(10)25(22,23)20-6-5-19-13(21)11-2-1-7-24-11/h1-4,7-8,20H,5-6H2,(H,19,21). The van der Waals surface area contributed by atoms with E-state index in [-0.39, 0.29) is 23.9 Å². The van der Waals surface area contributed by atoms with E-state index in [9.17, 15) is 26.4 Å². The van der Waals surface area contributed by atoms with E-state index < -0.39 is 32.6 Å². The van der Waals surface area contributed by atoms with Crippen LogP contribution in [0.15, 0.2) is 45.9 Å². The number of rotatable bonds is 6. The third-order valence-corrected chi connectivity index (χ3v) is 4.94. The van der Waals surface area contributed by atoms with Crippen molar-refractivity contribution in [2.75, 3.05) is 13.1 Å². The molecule has 1 aromatic carbocycles. The number of nitrogens with one attached hydrogen (secondary N) is 2. The van der Waals surface area contributed by atoms with Crippen molar-refractivity contribution < 1.29 is 30.8 Å². The molecule has 2 rings (SSSR count). The topological polar surface area (TPSA) is 88.4 Å². The summed E-state index contributed by atoms with van der Waals surface area (Å²) in [5.41, 5.74) is -1.14. The normalized spacial score (nSPS) is 12.2. The Morgan fingerprint density at radius 1 is 1.20 bits per heavy atom. The quantitative estimate of drug-likeness (QED) is 0.735. The van der Waals surface area contributed by atoms with Gasteiger partial charge in [-0.15, -0.1) is 0 Å². The molecule has 136 valence electrons. The summed E-state index contributed by atoms with van der Waals surface area (Å²) >= 11 is 5.69. The summed E-state index contributed by atoms with van der Waals surface area (Å²) in [6.45, 7) is -0.350. The molecule has 2 N–H and O–H groups in total. The largest absolute Gasteiger partial charge is 0.459 e. The molecule has 0 saturated heterocycles. The highest BCUT2D eigenvalue weighted by Crippen LogP contribution is 2.33. The fourth-order valence-electron chi connectivity index (χ4n) is 1.82. The second-order valence-corrected chi connectivity index (χ2v) is 6.92. The number of carbonyl (C=O) groups excluding carboxylic acids is 1. The molecule has 1 aromatic heterocycles. The Kier molecular flexibility index (Phi) is 5.76. The molecule has 1 heterocycles. The maximum Gasteiger partial charge on any atom is 0.416 e. The van der Waals surface area contributed by atoms with Gasteiger partial charge in [-0.25, -0.2) is 13.1 Å². The van der Waals surface area contributed by atoms with Crippen molar-refractivity contribution in [3.8, 4) is 0 Å². The predicted molar refractivity (Wildman–Crippen MR) is 82.7 cm³/mol. The van der Waals surface area contributed by atoms with Crippen LogP contribution in [0.4, 0.5) is 13.2 Å². The number of benzene rings is 1. The van der Waals surface area contributed by atoms with Gasteiger partial charge in [0.15, 0.2) is 5.76 Å². The maximum absolute atomic E-state index is 12.7. The molecule has 0 bridgehead atoms. The first kappa shape index (κ1) is 19.3. The molecule has 11 heteroatoms. The fourth-order valence-corrected chi connectivity index (χ4v) is 3.38. The second kappa shape index (κ2) is 7.46. The molecule has 1 amide bonds. The first-order valence-corrected chi connectivity index (χ1v) is 8.65. The van der Waals surface area contributed by atoms with E-state index >= 15 is 0 Å². The number of sulfonamides is 1. The summed E-state index contributed by atoms with van der Waals surface area (Å²) < 4.78 is 69.3. The van der Waals surface area contributed by atoms with E-state index in [1.807, 2.05) is 0 Å². The Morgan fingerprint density at radius 2 is 1.92 bits per heavy atom. The highest BCUT2D eigenvalue weighted by molar-refractivity contribution is 7.89. The Labute approximate surface area is 146 Å². The van der Waals surface area contributed by atoms with Crippen LogP contribution < -0.4 is 10.0 Å². The Balaban J connectivity index is 2.01. The van der Waals surface area contributed by atoms with Crippen LogP contribution in [-0.2, 0) is 16.2 Å². The molecule has 0 aliphatic rings. The molecule has 25 heavy (non-hydrogen) atoms. The van der Waals surface area contributed by atoms with Gasteiger partial charge < -0.3 is 9.73 Å². The molecule has 0 aliphatic carbocycles. The van der Waals surface area contributed by atoms with Gasteiger partial charge in [-0.1, -0.05) is 11.6 Å². The number of alkyl halides is 3. The van der Waals surface area contributed by atoms with E-state index in [0.717, 1.165) is 6.07 Å². The molecule has 0 radical (unpaired) electrons. The van der Waals surface area contributed by atoms with Gasteiger partial charge in [0, 0.05) is 13.1 Å². The van der Waals surface area contributed by atoms with Crippen molar-refractivity contribution in [2.45, 2.75) is 11.1 Å². The van der Waals surface area contributed by atoms with Gasteiger partial charge in [0.25, 0.3) is 5.91 Å². The van der Waals surface area contributed by atoms with Crippen molar-refractivity contribution in [2.24, 2.45) is 0 Å². The van der Waals surface area contributed by atoms with Crippen molar-refractivity contribution in [3.05, 3.63) is 52.9 Å². The summed E-state index contributed by atoms with van der Waals surface area (Å²) in [6.07, 6.45) is -3.40. The third-order valence-electron chi connectivity index (χ3n) is 3.00. The molecule has 6 nitrogen and oxygen atoms in total. The molecule has 0 spiro atoms. The first-order valence-electron chi connectivity index (χ1n) is 6.79. The minimum atomic E-state index is -4.70. The zero-order chi connectivity index (χ0) is 18.7. The molecule has 2 aromatic rings. The summed E-state index contributed by atoms with van der Waals surface area (Å²) in [7, 11) is -4.28. The minimum Gasteiger partial charge on any atom is -0.459 e. The van der Waals surface area contributed by atoms with Crippen LogP contribution in [-0.4, -0.2) is 27.4 Å². The van der Waals surface area contributed by atoms with Gasteiger partial charge in [-0.2, -0.15) is 13.2 Å². The van der Waals surface area contributed by atoms with Gasteiger partial charge >= 0.3 is 6.18 Å². The van der Waals surface area contributed by atoms with Crippen molar-refractivity contribution in [3.63, 3.8) is 0 Å². The van der Waals surface area contributed by atoms with Gasteiger partial charge in [0.2, 0.25) is 10.0 Å². The SMILES string of the molecule is O=C(NCCNS(=O)(=O)c1cc(C(F)(F)F)ccc1Cl)c1ccco1. The first-order chi connectivity index (χ1) is 11.6. The Hall–Kier alpha value is -2.04. The lowest BCUT2D eigenvalue weighted by Crippen LogP contribution is -2.34. The number of hydrogen-bond acceptors (Lipinski definition) is 4. The van der Waals surface area contributed by atoms with E-state index in [2.05, 4.69) is 10.0 Å². The molecule has 0 aliphatic heterocycles. The highest BCUT2D eigenvalue weighted by atomic mass is 35.5. The summed E-state index contributed by atoms with van der Waals surface area (Å²) in [5, 5.41) is 2.04. The second-order valence-electron chi connectivity index (χ2n) is 4.77. The van der Waals surface area contributed by atoms with E-state index in [0.29, 0.717) is 12.1 Å². The monoisotopic (exact) mass is 396 g/mol. The number of amides is 1. The average molecular weight is 397 g/mol. The Morgan fingerprint density at radius 3 is 2.52 bits per heavy atom. The van der Waals surface area contributed by atoms with Crippen molar-refractivity contribution in [1.29, 1.82) is 0 Å². The number of halogens is 4. The molecule has 0 fully saturated rings. The van der Waals surface area contributed by atoms with Gasteiger partial charge in [-0.05, 0) is 30.3 Å². The lowest BCUT2D eigenvalue weighted by Gasteiger charge is -2.12. The van der Waals surface area contributed by atoms with Crippen LogP contribution in [0, 0.1) is 0 Å². The fraction of sp³-hybridized carbons (Fsp3) is 0.214. The van der Waals surface area contributed by atoms with Crippen LogP contribution in [0.2, 0.25) is 5.02 Å². The molecular formula is C14H12ClF3N2O4S. The molecule has 0 atom stereocenters. The predicted octanol–water partition coefficient (Wildman–Crippen LogP) is 2.66. The third kappa shape index (κ3) is 4.97. The molecule has 0 saturated carbocycles. The summed E-state index contributed by atoms with van der Waals surface area (Å²) in [4.78, 5) is 10.9. The summed E-state index contributed by atoms with van der Waals surface area (Å²) in [5.74, 6) is -0.509. The zero-order valence-electron chi connectivity index (χ0n) is 12.4. The number of furan rings is 1. The van der Waals surface area contributed by atoms with Crippen LogP contribution in [0.5, 0.6) is 0 Å². The van der Waals surface area contributed by atoms with Crippen LogP contribution >= 0.6 is 11.6 Å². The van der Waals surface area contributed by atoms with Crippen molar-refractivity contribution in [1.82, 2.24) is 10.0 Å². The lowest BCUT2D eigenvalue weighted by atomic mass is 10.2. The van der Waals surface area contributed by atoms with E-state index in [1.54, 1.807) is 0 Å². The number of carbonyl (C=O) groups is 1. The Bertz CT molecular complexity index is 851. The van der Waals surface area contributed by atoms with Crippen LogP contribution in [0.3, 0.4) is 0 Å². The maximum atomic E-state index is 12.7. The van der Waals surface area contributed by atoms with Crippen LogP contribution in [0.1, 0.15) is 16.1 Å². The number of hydrogen-bond donors (Lipinski definition) is 2. The molecule has 0 unspecified atom stereocenters. The summed E-state index contributed by atoms with van der Waals surface area (Å²) in [6, 6.07) is 4.92. The van der Waals surface area contributed by atoms with E-state index in [4.69, 9.17) is 16.0 Å². The van der Waals surface area contributed by atoms with Crippen molar-refractivity contribution >= 4 is 27.5 Å². The zero-order valence-corrected chi connectivity index (χ0v) is 14.0. The smallest absolute Gasteiger partial charge is 0.416 e. The highest BCUT2D eigenvalue weighted by Gasteiger charge is 2.32. The van der Waals surface area contributed by atoms with Gasteiger partial charge in [0.1, 0.15) is 4.90 Å². The average Bonchev–Trinajstić information content (AvgIpc) is 3.05. The minimum absolute atomic E-state index is 0.0452. The van der Waals surface area contributed by atoms with Crippen LogP contribution in [0.25, 0.3) is 0 Å². The lowest BCUT2D eigenvalue weighted by molar-refractivity contribution is -0.137. The van der Waals surface area contributed by atoms with Gasteiger partial charge in [0.05, 0.1) is 16.8 Å². The van der Waals surface area contributed by atoms with Gasteiger partial charge in [-0.3, -0.25) is 4.79 Å². The van der Waals surface area contributed by atoms with E-state index in [1.165, 1.54) is 18.4 Å². The molecular weight excluding hydrogens is 385 g/mol.